The van der Waals surface area contributed by atoms with E-state index in [4.69, 9.17) is 4.74 Å². The normalized spacial score (nSPS) is 18.1. The summed E-state index contributed by atoms with van der Waals surface area (Å²) in [5, 5.41) is 21.7. The number of hydrogen-bond donors (Lipinski definition) is 0. The van der Waals surface area contributed by atoms with Gasteiger partial charge in [-0.15, -0.1) is 25.5 Å². The SMILES string of the molecule is Cc1nnc2ccc(N3CCN(c4ccc(N5CCOCC5)nn4)CC3)nn12. The molecule has 3 aromatic heterocycles. The lowest BCUT2D eigenvalue weighted by Crippen LogP contribution is -2.47. The van der Waals surface area contributed by atoms with E-state index in [0.29, 0.717) is 0 Å². The lowest BCUT2D eigenvalue weighted by molar-refractivity contribution is 0.122. The Labute approximate surface area is 162 Å². The molecule has 0 spiro atoms. The van der Waals surface area contributed by atoms with E-state index in [9.17, 15) is 0 Å². The third kappa shape index (κ3) is 3.19. The molecule has 28 heavy (non-hydrogen) atoms. The van der Waals surface area contributed by atoms with Crippen LogP contribution in [0, 0.1) is 6.92 Å². The summed E-state index contributed by atoms with van der Waals surface area (Å²) in [6, 6.07) is 8.10. The molecule has 0 atom stereocenters. The first-order valence-electron chi connectivity index (χ1n) is 9.63. The highest BCUT2D eigenvalue weighted by molar-refractivity contribution is 5.49. The van der Waals surface area contributed by atoms with Crippen LogP contribution in [0.25, 0.3) is 5.65 Å². The Morgan fingerprint density at radius 2 is 1.25 bits per heavy atom. The van der Waals surface area contributed by atoms with Crippen LogP contribution in [0.5, 0.6) is 0 Å². The maximum Gasteiger partial charge on any atom is 0.178 e. The molecular formula is C18H23N9O. The van der Waals surface area contributed by atoms with Crippen molar-refractivity contribution < 1.29 is 4.74 Å². The van der Waals surface area contributed by atoms with Crippen LogP contribution in [-0.4, -0.2) is 82.5 Å². The maximum atomic E-state index is 5.40. The summed E-state index contributed by atoms with van der Waals surface area (Å²) in [4.78, 5) is 6.77. The fraction of sp³-hybridized carbons (Fsp3) is 0.500. The largest absolute Gasteiger partial charge is 0.378 e. The maximum absolute atomic E-state index is 5.40. The Bertz CT molecular complexity index is 943. The number of morpholine rings is 1. The minimum absolute atomic E-state index is 0.750. The van der Waals surface area contributed by atoms with Crippen molar-refractivity contribution in [1.82, 2.24) is 30.0 Å². The van der Waals surface area contributed by atoms with Crippen LogP contribution in [0.3, 0.4) is 0 Å². The highest BCUT2D eigenvalue weighted by Crippen LogP contribution is 2.20. The Morgan fingerprint density at radius 3 is 1.89 bits per heavy atom. The van der Waals surface area contributed by atoms with Crippen molar-refractivity contribution in [2.24, 2.45) is 0 Å². The molecule has 146 valence electrons. The Kier molecular flexibility index (Phi) is 4.40. The summed E-state index contributed by atoms with van der Waals surface area (Å²) in [5.41, 5.74) is 0.774. The molecule has 10 heteroatoms. The highest BCUT2D eigenvalue weighted by Gasteiger charge is 2.21. The van der Waals surface area contributed by atoms with Gasteiger partial charge in [-0.05, 0) is 31.2 Å². The number of aromatic nitrogens is 6. The second-order valence-corrected chi connectivity index (χ2v) is 7.03. The minimum atomic E-state index is 0.750. The zero-order valence-corrected chi connectivity index (χ0v) is 15.9. The van der Waals surface area contributed by atoms with Crippen molar-refractivity contribution in [3.8, 4) is 0 Å². The topological polar surface area (TPSA) is 87.8 Å². The number of nitrogens with zero attached hydrogens (tertiary/aromatic N) is 9. The van der Waals surface area contributed by atoms with Crippen molar-refractivity contribution in [1.29, 1.82) is 0 Å². The number of piperazine rings is 1. The molecule has 0 radical (unpaired) electrons. The molecular weight excluding hydrogens is 358 g/mol. The molecule has 2 aliphatic rings. The van der Waals surface area contributed by atoms with Crippen molar-refractivity contribution in [2.45, 2.75) is 6.92 Å². The van der Waals surface area contributed by atoms with Gasteiger partial charge in [-0.1, -0.05) is 0 Å². The Morgan fingerprint density at radius 1 is 0.679 bits per heavy atom. The van der Waals surface area contributed by atoms with Gasteiger partial charge in [0.1, 0.15) is 5.82 Å². The number of hydrogen-bond acceptors (Lipinski definition) is 9. The van der Waals surface area contributed by atoms with Crippen LogP contribution in [-0.2, 0) is 4.74 Å². The van der Waals surface area contributed by atoms with E-state index < -0.39 is 0 Å². The van der Waals surface area contributed by atoms with Gasteiger partial charge < -0.3 is 19.4 Å². The fourth-order valence-corrected chi connectivity index (χ4v) is 3.67. The van der Waals surface area contributed by atoms with Gasteiger partial charge in [0, 0.05) is 39.3 Å². The van der Waals surface area contributed by atoms with E-state index in [1.807, 2.05) is 19.1 Å². The summed E-state index contributed by atoms with van der Waals surface area (Å²) in [7, 11) is 0. The molecule has 0 amide bonds. The molecule has 2 saturated heterocycles. The van der Waals surface area contributed by atoms with Gasteiger partial charge in [-0.2, -0.15) is 4.52 Å². The first-order valence-corrected chi connectivity index (χ1v) is 9.63. The molecule has 0 aliphatic carbocycles. The molecule has 0 aromatic carbocycles. The van der Waals surface area contributed by atoms with E-state index in [2.05, 4.69) is 52.3 Å². The quantitative estimate of drug-likeness (QED) is 0.639. The van der Waals surface area contributed by atoms with Crippen LogP contribution < -0.4 is 14.7 Å². The number of rotatable bonds is 3. The van der Waals surface area contributed by atoms with Crippen molar-refractivity contribution in [2.75, 3.05) is 67.2 Å². The van der Waals surface area contributed by atoms with E-state index >= 15 is 0 Å². The van der Waals surface area contributed by atoms with Crippen molar-refractivity contribution in [3.63, 3.8) is 0 Å². The third-order valence-corrected chi connectivity index (χ3v) is 5.30. The van der Waals surface area contributed by atoms with Crippen LogP contribution in [0.15, 0.2) is 24.3 Å². The van der Waals surface area contributed by atoms with Crippen LogP contribution in [0.1, 0.15) is 5.82 Å². The van der Waals surface area contributed by atoms with Gasteiger partial charge in [0.15, 0.2) is 23.1 Å². The van der Waals surface area contributed by atoms with Gasteiger partial charge in [0.05, 0.1) is 13.2 Å². The lowest BCUT2D eigenvalue weighted by atomic mass is 10.3. The van der Waals surface area contributed by atoms with Gasteiger partial charge in [-0.25, -0.2) is 0 Å². The van der Waals surface area contributed by atoms with Crippen molar-refractivity contribution in [3.05, 3.63) is 30.1 Å². The smallest absolute Gasteiger partial charge is 0.178 e. The predicted octanol–water partition coefficient (Wildman–Crippen LogP) is 0.386. The van der Waals surface area contributed by atoms with Crippen LogP contribution >= 0.6 is 0 Å². The summed E-state index contributed by atoms with van der Waals surface area (Å²) in [6.07, 6.45) is 0. The fourth-order valence-electron chi connectivity index (χ4n) is 3.67. The molecule has 10 nitrogen and oxygen atoms in total. The summed E-state index contributed by atoms with van der Waals surface area (Å²) >= 11 is 0. The number of aryl methyl sites for hydroxylation is 1. The molecule has 0 unspecified atom stereocenters. The molecule has 5 rings (SSSR count). The van der Waals surface area contributed by atoms with E-state index in [-0.39, 0.29) is 0 Å². The lowest BCUT2D eigenvalue weighted by Gasteiger charge is -2.35. The second kappa shape index (κ2) is 7.19. The van der Waals surface area contributed by atoms with Gasteiger partial charge in [0.25, 0.3) is 0 Å². The van der Waals surface area contributed by atoms with Gasteiger partial charge in [0.2, 0.25) is 0 Å². The highest BCUT2D eigenvalue weighted by atomic mass is 16.5. The minimum Gasteiger partial charge on any atom is -0.378 e. The first kappa shape index (κ1) is 17.1. The monoisotopic (exact) mass is 381 g/mol. The van der Waals surface area contributed by atoms with Crippen LogP contribution in [0.4, 0.5) is 17.5 Å². The van der Waals surface area contributed by atoms with Gasteiger partial charge >= 0.3 is 0 Å². The number of fused-ring (bicyclic) bond motifs is 1. The summed E-state index contributed by atoms with van der Waals surface area (Å²) in [6.45, 7) is 8.68. The molecule has 3 aromatic rings. The van der Waals surface area contributed by atoms with E-state index in [1.165, 1.54) is 0 Å². The third-order valence-electron chi connectivity index (χ3n) is 5.30. The molecule has 5 heterocycles. The van der Waals surface area contributed by atoms with Crippen molar-refractivity contribution >= 4 is 23.1 Å². The average molecular weight is 381 g/mol. The first-order chi connectivity index (χ1) is 13.8. The number of anilines is 3. The Balaban J connectivity index is 1.24. The standard InChI is InChI=1S/C18H23N9O/c1-14-19-22-17-4-5-18(23-27(14)17)25-8-6-24(7-9-25)15-2-3-16(21-20-15)26-10-12-28-13-11-26/h2-5H,6-13H2,1H3. The summed E-state index contributed by atoms with van der Waals surface area (Å²) in [5.74, 6) is 3.59. The second-order valence-electron chi connectivity index (χ2n) is 7.03. The molecule has 0 saturated carbocycles. The molecule has 0 bridgehead atoms. The Hall–Kier alpha value is -3.01. The molecule has 0 N–H and O–H groups in total. The molecule has 2 fully saturated rings. The van der Waals surface area contributed by atoms with E-state index in [0.717, 1.165) is 81.4 Å². The molecule has 2 aliphatic heterocycles. The van der Waals surface area contributed by atoms with Gasteiger partial charge in [-0.3, -0.25) is 0 Å². The zero-order valence-electron chi connectivity index (χ0n) is 15.9. The zero-order chi connectivity index (χ0) is 18.9. The number of ether oxygens (including phenoxy) is 1. The summed E-state index contributed by atoms with van der Waals surface area (Å²) < 4.78 is 7.19. The van der Waals surface area contributed by atoms with Crippen LogP contribution in [0.2, 0.25) is 0 Å². The predicted molar refractivity (Wildman–Crippen MR) is 105 cm³/mol. The van der Waals surface area contributed by atoms with E-state index in [1.54, 1.807) is 4.52 Å². The average Bonchev–Trinajstić information content (AvgIpc) is 3.15.